The second kappa shape index (κ2) is 5.50. The van der Waals surface area contributed by atoms with Crippen LogP contribution in [0.5, 0.6) is 0 Å². The fraction of sp³-hybridized carbons (Fsp3) is 0.278. The highest BCUT2D eigenvalue weighted by molar-refractivity contribution is 6.03. The molecule has 1 aromatic carbocycles. The van der Waals surface area contributed by atoms with Crippen molar-refractivity contribution in [2.24, 2.45) is 5.41 Å². The summed E-state index contributed by atoms with van der Waals surface area (Å²) < 4.78 is 6.80. The van der Waals surface area contributed by atoms with Crippen LogP contribution in [-0.2, 0) is 9.53 Å². The third-order valence-corrected chi connectivity index (χ3v) is 4.46. The number of aromatic nitrogens is 1. The molecule has 0 radical (unpaired) electrons. The van der Waals surface area contributed by atoms with Crippen LogP contribution in [0.15, 0.2) is 53.5 Å². The summed E-state index contributed by atoms with van der Waals surface area (Å²) >= 11 is 0. The summed E-state index contributed by atoms with van der Waals surface area (Å²) in [5.74, 6) is -0.0971. The molecular formula is C18H17NO4. The van der Waals surface area contributed by atoms with Gasteiger partial charge >= 0.3 is 0 Å². The van der Waals surface area contributed by atoms with Crippen molar-refractivity contribution in [3.63, 3.8) is 0 Å². The molecule has 1 aliphatic rings. The highest BCUT2D eigenvalue weighted by Crippen LogP contribution is 2.43. The van der Waals surface area contributed by atoms with Crippen molar-refractivity contribution < 1.29 is 14.3 Å². The predicted octanol–water partition coefficient (Wildman–Crippen LogP) is 2.20. The molecule has 118 valence electrons. The molecule has 0 amide bonds. The maximum Gasteiger partial charge on any atom is 0.293 e. The van der Waals surface area contributed by atoms with E-state index >= 15 is 0 Å². The number of Topliss-reactive ketones (excluding diaryl/α,β-unsaturated/α-hetero) is 1. The summed E-state index contributed by atoms with van der Waals surface area (Å²) in [6.45, 7) is 3.81. The maximum atomic E-state index is 12.8. The molecule has 3 rings (SSSR count). The Hall–Kier alpha value is -2.69. The third kappa shape index (κ3) is 2.29. The lowest BCUT2D eigenvalue weighted by atomic mass is 9.68. The Balaban J connectivity index is 2.31. The Kier molecular flexibility index (Phi) is 3.64. The van der Waals surface area contributed by atoms with Gasteiger partial charge in [0.05, 0.1) is 5.41 Å². The molecule has 0 spiro atoms. The standard InChI is InChI=1S/C18H17NO4/c1-18(2)16(22)13-8-4-3-7-12(13)15(17(18)23-11-20)19-10-6-5-9-14(19)21/h3-11,15,17H,1-2H3/t15-,17+/m1/s1. The van der Waals surface area contributed by atoms with Gasteiger partial charge in [0.2, 0.25) is 0 Å². The normalized spacial score (nSPS) is 22.3. The molecule has 0 unspecified atom stereocenters. The largest absolute Gasteiger partial charge is 0.461 e. The smallest absolute Gasteiger partial charge is 0.293 e. The van der Waals surface area contributed by atoms with E-state index in [4.69, 9.17) is 4.74 Å². The number of ketones is 1. The van der Waals surface area contributed by atoms with Crippen molar-refractivity contribution in [3.05, 3.63) is 70.1 Å². The summed E-state index contributed by atoms with van der Waals surface area (Å²) in [5.41, 5.74) is 0.104. The fourth-order valence-corrected chi connectivity index (χ4v) is 3.27. The average Bonchev–Trinajstić information content (AvgIpc) is 2.54. The number of ether oxygens (including phenoxy) is 1. The zero-order valence-electron chi connectivity index (χ0n) is 12.9. The van der Waals surface area contributed by atoms with Gasteiger partial charge in [-0.05, 0) is 25.5 Å². The van der Waals surface area contributed by atoms with Gasteiger partial charge in [0.15, 0.2) is 5.78 Å². The number of pyridine rings is 1. The van der Waals surface area contributed by atoms with E-state index in [9.17, 15) is 14.4 Å². The third-order valence-electron chi connectivity index (χ3n) is 4.46. The molecule has 23 heavy (non-hydrogen) atoms. The number of carbonyl (C=O) groups is 2. The van der Waals surface area contributed by atoms with E-state index in [0.717, 1.165) is 0 Å². The summed E-state index contributed by atoms with van der Waals surface area (Å²) in [5, 5.41) is 0. The van der Waals surface area contributed by atoms with Crippen LogP contribution >= 0.6 is 0 Å². The summed E-state index contributed by atoms with van der Waals surface area (Å²) in [6, 6.07) is 11.4. The maximum absolute atomic E-state index is 12.8. The summed E-state index contributed by atoms with van der Waals surface area (Å²) in [4.78, 5) is 36.1. The highest BCUT2D eigenvalue weighted by atomic mass is 16.5. The Bertz CT molecular complexity index is 822. The molecule has 1 aromatic heterocycles. The van der Waals surface area contributed by atoms with Gasteiger partial charge in [-0.25, -0.2) is 0 Å². The monoisotopic (exact) mass is 311 g/mol. The van der Waals surface area contributed by atoms with E-state index in [1.807, 2.05) is 6.07 Å². The van der Waals surface area contributed by atoms with E-state index in [0.29, 0.717) is 17.6 Å². The SMILES string of the molecule is CC1(C)C(=O)c2ccccc2[C@@H](n2ccccc2=O)[C@@H]1OC=O. The minimum atomic E-state index is -0.935. The molecule has 2 atom stereocenters. The lowest BCUT2D eigenvalue weighted by Gasteiger charge is -2.42. The van der Waals surface area contributed by atoms with Crippen molar-refractivity contribution >= 4 is 12.3 Å². The number of nitrogens with zero attached hydrogens (tertiary/aromatic N) is 1. The van der Waals surface area contributed by atoms with Crippen LogP contribution in [0.4, 0.5) is 0 Å². The first-order chi connectivity index (χ1) is 11.0. The fourth-order valence-electron chi connectivity index (χ4n) is 3.27. The van der Waals surface area contributed by atoms with Crippen molar-refractivity contribution in [1.82, 2.24) is 4.57 Å². The number of fused-ring (bicyclic) bond motifs is 1. The second-order valence-electron chi connectivity index (χ2n) is 6.18. The zero-order valence-corrected chi connectivity index (χ0v) is 12.9. The van der Waals surface area contributed by atoms with Crippen LogP contribution in [0.2, 0.25) is 0 Å². The van der Waals surface area contributed by atoms with E-state index < -0.39 is 17.6 Å². The topological polar surface area (TPSA) is 65.4 Å². The van der Waals surface area contributed by atoms with Crippen molar-refractivity contribution in [2.75, 3.05) is 0 Å². The van der Waals surface area contributed by atoms with Crippen LogP contribution in [0, 0.1) is 5.41 Å². The summed E-state index contributed by atoms with van der Waals surface area (Å²) in [6.07, 6.45) is 0.888. The molecule has 5 nitrogen and oxygen atoms in total. The Morgan fingerprint density at radius 3 is 2.48 bits per heavy atom. The molecule has 0 saturated carbocycles. The molecule has 0 aliphatic heterocycles. The molecule has 0 bridgehead atoms. The Morgan fingerprint density at radius 2 is 1.78 bits per heavy atom. The van der Waals surface area contributed by atoms with Crippen molar-refractivity contribution in [2.45, 2.75) is 26.0 Å². The molecule has 2 aromatic rings. The van der Waals surface area contributed by atoms with E-state index in [1.165, 1.54) is 10.6 Å². The quantitative estimate of drug-likeness (QED) is 0.815. The van der Waals surface area contributed by atoms with E-state index in [1.54, 1.807) is 50.4 Å². The molecule has 0 N–H and O–H groups in total. The lowest BCUT2D eigenvalue weighted by Crippen LogP contribution is -2.50. The predicted molar refractivity (Wildman–Crippen MR) is 84.3 cm³/mol. The average molecular weight is 311 g/mol. The Morgan fingerprint density at radius 1 is 1.09 bits per heavy atom. The number of benzene rings is 1. The zero-order chi connectivity index (χ0) is 16.6. The van der Waals surface area contributed by atoms with Crippen LogP contribution < -0.4 is 5.56 Å². The van der Waals surface area contributed by atoms with Gasteiger partial charge in [0.25, 0.3) is 12.0 Å². The van der Waals surface area contributed by atoms with E-state index in [2.05, 4.69) is 0 Å². The second-order valence-corrected chi connectivity index (χ2v) is 6.18. The first-order valence-corrected chi connectivity index (χ1v) is 7.38. The highest BCUT2D eigenvalue weighted by Gasteiger charge is 2.50. The minimum absolute atomic E-state index is 0.0971. The van der Waals surface area contributed by atoms with Gasteiger partial charge in [-0.1, -0.05) is 30.3 Å². The first kappa shape index (κ1) is 15.2. The molecule has 1 aliphatic carbocycles. The van der Waals surface area contributed by atoms with Gasteiger partial charge in [0.1, 0.15) is 12.1 Å². The lowest BCUT2D eigenvalue weighted by molar-refractivity contribution is -0.140. The van der Waals surface area contributed by atoms with Gasteiger partial charge in [0, 0.05) is 17.8 Å². The van der Waals surface area contributed by atoms with E-state index in [-0.39, 0.29) is 11.3 Å². The molecular weight excluding hydrogens is 294 g/mol. The van der Waals surface area contributed by atoms with Gasteiger partial charge < -0.3 is 9.30 Å². The number of hydrogen-bond acceptors (Lipinski definition) is 4. The number of rotatable bonds is 3. The van der Waals surface area contributed by atoms with Crippen LogP contribution in [0.3, 0.4) is 0 Å². The van der Waals surface area contributed by atoms with Gasteiger partial charge in [-0.3, -0.25) is 14.4 Å². The van der Waals surface area contributed by atoms with Gasteiger partial charge in [-0.15, -0.1) is 0 Å². The van der Waals surface area contributed by atoms with Crippen LogP contribution in [0.25, 0.3) is 0 Å². The van der Waals surface area contributed by atoms with Crippen LogP contribution in [0.1, 0.15) is 35.8 Å². The molecule has 0 saturated heterocycles. The minimum Gasteiger partial charge on any atom is -0.461 e. The van der Waals surface area contributed by atoms with Gasteiger partial charge in [-0.2, -0.15) is 0 Å². The van der Waals surface area contributed by atoms with Crippen molar-refractivity contribution in [3.8, 4) is 0 Å². The number of hydrogen-bond donors (Lipinski definition) is 0. The Labute approximate surface area is 133 Å². The van der Waals surface area contributed by atoms with Crippen LogP contribution in [-0.4, -0.2) is 22.9 Å². The summed E-state index contributed by atoms with van der Waals surface area (Å²) in [7, 11) is 0. The molecule has 5 heteroatoms. The first-order valence-electron chi connectivity index (χ1n) is 7.38. The van der Waals surface area contributed by atoms with Crippen molar-refractivity contribution in [1.29, 1.82) is 0 Å². The number of carbonyl (C=O) groups excluding carboxylic acids is 2. The molecule has 1 heterocycles. The molecule has 0 fully saturated rings.